The SMILES string of the molecule is CCC(O)CCCCC(O)CC. The summed E-state index contributed by atoms with van der Waals surface area (Å²) in [4.78, 5) is 0. The molecule has 0 rings (SSSR count). The highest BCUT2D eigenvalue weighted by atomic mass is 16.3. The van der Waals surface area contributed by atoms with Crippen molar-refractivity contribution in [1.29, 1.82) is 0 Å². The van der Waals surface area contributed by atoms with Crippen LogP contribution >= 0.6 is 0 Å². The van der Waals surface area contributed by atoms with Gasteiger partial charge in [-0.05, 0) is 25.7 Å². The van der Waals surface area contributed by atoms with Gasteiger partial charge in [-0.2, -0.15) is 0 Å². The molecular formula is C10H22O2. The Morgan fingerprint density at radius 3 is 1.42 bits per heavy atom. The summed E-state index contributed by atoms with van der Waals surface area (Å²) in [5, 5.41) is 18.4. The summed E-state index contributed by atoms with van der Waals surface area (Å²) in [6.07, 6.45) is 5.25. The van der Waals surface area contributed by atoms with Crippen molar-refractivity contribution in [3.8, 4) is 0 Å². The van der Waals surface area contributed by atoms with Crippen LogP contribution in [0.5, 0.6) is 0 Å². The number of hydrogen-bond acceptors (Lipinski definition) is 2. The van der Waals surface area contributed by atoms with Gasteiger partial charge in [0.15, 0.2) is 0 Å². The Bertz CT molecular complexity index is 81.8. The summed E-state index contributed by atoms with van der Waals surface area (Å²) in [6, 6.07) is 0. The molecule has 0 aliphatic rings. The van der Waals surface area contributed by atoms with Gasteiger partial charge in [0.1, 0.15) is 0 Å². The molecular weight excluding hydrogens is 152 g/mol. The number of hydrogen-bond donors (Lipinski definition) is 2. The van der Waals surface area contributed by atoms with Gasteiger partial charge in [-0.25, -0.2) is 0 Å². The highest BCUT2D eigenvalue weighted by Gasteiger charge is 2.02. The minimum Gasteiger partial charge on any atom is -0.393 e. The van der Waals surface area contributed by atoms with Crippen LogP contribution in [0.3, 0.4) is 0 Å². The Balaban J connectivity index is 3.10. The van der Waals surface area contributed by atoms with Crippen LogP contribution in [-0.4, -0.2) is 22.4 Å². The minimum absolute atomic E-state index is 0.135. The molecule has 2 nitrogen and oxygen atoms in total. The molecule has 0 aliphatic carbocycles. The van der Waals surface area contributed by atoms with E-state index >= 15 is 0 Å². The molecule has 0 spiro atoms. The number of unbranched alkanes of at least 4 members (excludes halogenated alkanes) is 1. The van der Waals surface area contributed by atoms with E-state index in [1.54, 1.807) is 0 Å². The minimum atomic E-state index is -0.135. The molecule has 0 saturated heterocycles. The van der Waals surface area contributed by atoms with Crippen molar-refractivity contribution in [2.24, 2.45) is 0 Å². The van der Waals surface area contributed by atoms with Crippen LogP contribution in [-0.2, 0) is 0 Å². The first-order valence-electron chi connectivity index (χ1n) is 5.06. The largest absolute Gasteiger partial charge is 0.393 e. The summed E-state index contributed by atoms with van der Waals surface area (Å²) in [6.45, 7) is 3.98. The van der Waals surface area contributed by atoms with Crippen LogP contribution in [0.15, 0.2) is 0 Å². The van der Waals surface area contributed by atoms with Crippen molar-refractivity contribution in [2.45, 2.75) is 64.6 Å². The topological polar surface area (TPSA) is 40.5 Å². The lowest BCUT2D eigenvalue weighted by Gasteiger charge is -2.09. The van der Waals surface area contributed by atoms with Crippen LogP contribution in [0.2, 0.25) is 0 Å². The third-order valence-electron chi connectivity index (χ3n) is 2.27. The van der Waals surface area contributed by atoms with E-state index in [2.05, 4.69) is 0 Å². The Morgan fingerprint density at radius 1 is 0.833 bits per heavy atom. The van der Waals surface area contributed by atoms with Crippen molar-refractivity contribution in [3.63, 3.8) is 0 Å². The summed E-state index contributed by atoms with van der Waals surface area (Å²) in [7, 11) is 0. The predicted octanol–water partition coefficient (Wildman–Crippen LogP) is 2.09. The van der Waals surface area contributed by atoms with Crippen molar-refractivity contribution in [3.05, 3.63) is 0 Å². The van der Waals surface area contributed by atoms with Crippen LogP contribution in [0.1, 0.15) is 52.4 Å². The van der Waals surface area contributed by atoms with Crippen molar-refractivity contribution in [1.82, 2.24) is 0 Å². The van der Waals surface area contributed by atoms with Gasteiger partial charge in [-0.1, -0.05) is 26.7 Å². The zero-order valence-corrected chi connectivity index (χ0v) is 8.29. The van der Waals surface area contributed by atoms with Crippen LogP contribution in [0.25, 0.3) is 0 Å². The van der Waals surface area contributed by atoms with Crippen molar-refractivity contribution < 1.29 is 10.2 Å². The third kappa shape index (κ3) is 6.62. The first-order valence-corrected chi connectivity index (χ1v) is 5.06. The van der Waals surface area contributed by atoms with E-state index in [1.165, 1.54) is 0 Å². The van der Waals surface area contributed by atoms with Crippen LogP contribution < -0.4 is 0 Å². The number of rotatable bonds is 7. The van der Waals surface area contributed by atoms with E-state index in [-0.39, 0.29) is 12.2 Å². The van der Waals surface area contributed by atoms with Crippen LogP contribution in [0.4, 0.5) is 0 Å². The average molecular weight is 174 g/mol. The van der Waals surface area contributed by atoms with Gasteiger partial charge in [0.25, 0.3) is 0 Å². The van der Waals surface area contributed by atoms with Gasteiger partial charge < -0.3 is 10.2 Å². The molecule has 0 fully saturated rings. The van der Waals surface area contributed by atoms with Crippen molar-refractivity contribution >= 4 is 0 Å². The van der Waals surface area contributed by atoms with E-state index < -0.39 is 0 Å². The number of aliphatic hydroxyl groups excluding tert-OH is 2. The van der Waals surface area contributed by atoms with Crippen molar-refractivity contribution in [2.75, 3.05) is 0 Å². The first kappa shape index (κ1) is 11.9. The predicted molar refractivity (Wildman–Crippen MR) is 51.1 cm³/mol. The Hall–Kier alpha value is -0.0800. The van der Waals surface area contributed by atoms with E-state index in [0.29, 0.717) is 0 Å². The molecule has 2 heteroatoms. The van der Waals surface area contributed by atoms with E-state index in [1.807, 2.05) is 13.8 Å². The zero-order chi connectivity index (χ0) is 9.40. The lowest BCUT2D eigenvalue weighted by atomic mass is 10.1. The summed E-state index contributed by atoms with van der Waals surface area (Å²) < 4.78 is 0. The highest BCUT2D eigenvalue weighted by molar-refractivity contribution is 4.56. The maximum absolute atomic E-state index is 9.22. The molecule has 0 amide bonds. The fraction of sp³-hybridized carbons (Fsp3) is 1.00. The molecule has 0 bridgehead atoms. The Morgan fingerprint density at radius 2 is 1.17 bits per heavy atom. The lowest BCUT2D eigenvalue weighted by Crippen LogP contribution is -2.06. The van der Waals surface area contributed by atoms with E-state index in [0.717, 1.165) is 38.5 Å². The second-order valence-electron chi connectivity index (χ2n) is 3.41. The molecule has 0 saturated carbocycles. The fourth-order valence-electron chi connectivity index (χ4n) is 1.17. The van der Waals surface area contributed by atoms with Gasteiger partial charge >= 0.3 is 0 Å². The lowest BCUT2D eigenvalue weighted by molar-refractivity contribution is 0.140. The van der Waals surface area contributed by atoms with E-state index in [4.69, 9.17) is 0 Å². The molecule has 0 aromatic carbocycles. The molecule has 2 atom stereocenters. The monoisotopic (exact) mass is 174 g/mol. The van der Waals surface area contributed by atoms with Gasteiger partial charge in [0.2, 0.25) is 0 Å². The van der Waals surface area contributed by atoms with Gasteiger partial charge in [0.05, 0.1) is 12.2 Å². The first-order chi connectivity index (χ1) is 5.70. The fourth-order valence-corrected chi connectivity index (χ4v) is 1.17. The smallest absolute Gasteiger partial charge is 0.0537 e. The molecule has 0 heterocycles. The Labute approximate surface area is 75.6 Å². The molecule has 74 valence electrons. The number of aliphatic hydroxyl groups is 2. The highest BCUT2D eigenvalue weighted by Crippen LogP contribution is 2.09. The zero-order valence-electron chi connectivity index (χ0n) is 8.29. The maximum Gasteiger partial charge on any atom is 0.0537 e. The van der Waals surface area contributed by atoms with E-state index in [9.17, 15) is 10.2 Å². The normalized spacial score (nSPS) is 16.0. The van der Waals surface area contributed by atoms with Crippen LogP contribution in [0, 0.1) is 0 Å². The Kier molecular flexibility index (Phi) is 7.51. The third-order valence-corrected chi connectivity index (χ3v) is 2.27. The molecule has 0 aromatic rings. The summed E-state index contributed by atoms with van der Waals surface area (Å²) in [5.74, 6) is 0. The maximum atomic E-state index is 9.22. The summed E-state index contributed by atoms with van der Waals surface area (Å²) >= 11 is 0. The molecule has 2 unspecified atom stereocenters. The van der Waals surface area contributed by atoms with Gasteiger partial charge in [-0.15, -0.1) is 0 Å². The molecule has 0 radical (unpaired) electrons. The molecule has 12 heavy (non-hydrogen) atoms. The molecule has 0 aliphatic heterocycles. The second kappa shape index (κ2) is 7.56. The quantitative estimate of drug-likeness (QED) is 0.580. The summed E-state index contributed by atoms with van der Waals surface area (Å²) in [5.41, 5.74) is 0. The van der Waals surface area contributed by atoms with Gasteiger partial charge in [-0.3, -0.25) is 0 Å². The molecule has 0 aromatic heterocycles. The second-order valence-corrected chi connectivity index (χ2v) is 3.41. The standard InChI is InChI=1S/C10H22O2/c1-3-9(11)7-5-6-8-10(12)4-2/h9-12H,3-8H2,1-2H3. The van der Waals surface area contributed by atoms with Gasteiger partial charge in [0, 0.05) is 0 Å². The molecule has 2 N–H and O–H groups in total. The average Bonchev–Trinajstić information content (AvgIpc) is 2.11.